The van der Waals surface area contributed by atoms with Gasteiger partial charge in [-0.15, -0.1) is 0 Å². The molecule has 13 nitrogen and oxygen atoms in total. The van der Waals surface area contributed by atoms with Gasteiger partial charge in [-0.25, -0.2) is 9.59 Å². The monoisotopic (exact) mass is 694 g/mol. The van der Waals surface area contributed by atoms with Crippen molar-refractivity contribution >= 4 is 57.6 Å². The van der Waals surface area contributed by atoms with Crippen LogP contribution in [-0.2, 0) is 24.0 Å². The van der Waals surface area contributed by atoms with Gasteiger partial charge in [-0.05, 0) is 78.6 Å². The van der Waals surface area contributed by atoms with Gasteiger partial charge < -0.3 is 41.4 Å². The van der Waals surface area contributed by atoms with Gasteiger partial charge in [0.05, 0.1) is 12.6 Å². The van der Waals surface area contributed by atoms with Crippen molar-refractivity contribution in [1.29, 1.82) is 0 Å². The van der Waals surface area contributed by atoms with Crippen LogP contribution in [0.1, 0.15) is 69.8 Å². The molecule has 0 bridgehead atoms. The zero-order valence-electron chi connectivity index (χ0n) is 28.8. The molecule has 4 amide bonds. The van der Waals surface area contributed by atoms with E-state index in [1.54, 1.807) is 0 Å². The van der Waals surface area contributed by atoms with Crippen LogP contribution in [0.3, 0.4) is 0 Å². The number of aliphatic hydroxyl groups excluding tert-OH is 1. The average molecular weight is 695 g/mol. The van der Waals surface area contributed by atoms with Crippen molar-refractivity contribution in [3.05, 3.63) is 60.2 Å². The molecule has 3 aromatic rings. The van der Waals surface area contributed by atoms with Crippen molar-refractivity contribution in [2.24, 2.45) is 5.92 Å². The Balaban J connectivity index is 0.000000416. The minimum Gasteiger partial charge on any atom is -0.481 e. The fourth-order valence-corrected chi connectivity index (χ4v) is 5.77. The number of benzene rings is 3. The van der Waals surface area contributed by atoms with Gasteiger partial charge in [0.15, 0.2) is 0 Å². The highest BCUT2D eigenvalue weighted by atomic mass is 16.4. The molecular formula is C37H50N4O9. The molecule has 1 fully saturated rings. The number of rotatable bonds is 15. The lowest BCUT2D eigenvalue weighted by molar-refractivity contribution is -0.140. The first kappa shape index (κ1) is 41.1. The van der Waals surface area contributed by atoms with E-state index >= 15 is 0 Å². The highest BCUT2D eigenvalue weighted by Crippen LogP contribution is 2.27. The van der Waals surface area contributed by atoms with E-state index < -0.39 is 36.5 Å². The lowest BCUT2D eigenvalue weighted by Gasteiger charge is -2.20. The van der Waals surface area contributed by atoms with Crippen LogP contribution in [0.25, 0.3) is 21.5 Å². The largest absolute Gasteiger partial charge is 0.481 e. The van der Waals surface area contributed by atoms with Gasteiger partial charge in [0, 0.05) is 26.0 Å². The van der Waals surface area contributed by atoms with Crippen LogP contribution in [0.2, 0.25) is 0 Å². The highest BCUT2D eigenvalue weighted by molar-refractivity contribution is 6.01. The lowest BCUT2D eigenvalue weighted by atomic mass is 9.89. The number of hydrogen-bond donors (Lipinski definition) is 7. The summed E-state index contributed by atoms with van der Waals surface area (Å²) < 4.78 is 0. The van der Waals surface area contributed by atoms with E-state index in [2.05, 4.69) is 82.8 Å². The topological polar surface area (TPSA) is 211 Å². The van der Waals surface area contributed by atoms with E-state index in [4.69, 9.17) is 15.3 Å². The average Bonchev–Trinajstić information content (AvgIpc) is 3.13. The molecule has 0 unspecified atom stereocenters. The molecule has 2 atom stereocenters. The van der Waals surface area contributed by atoms with Gasteiger partial charge in [-0.2, -0.15) is 0 Å². The second-order valence-electron chi connectivity index (χ2n) is 12.0. The first-order valence-electron chi connectivity index (χ1n) is 16.9. The van der Waals surface area contributed by atoms with Crippen molar-refractivity contribution in [2.75, 3.05) is 20.2 Å². The molecular weight excluding hydrogens is 644 g/mol. The van der Waals surface area contributed by atoms with Gasteiger partial charge in [-0.3, -0.25) is 14.4 Å². The van der Waals surface area contributed by atoms with Crippen LogP contribution >= 0.6 is 0 Å². The number of carbonyl (C=O) groups is 6. The fourth-order valence-electron chi connectivity index (χ4n) is 5.77. The number of carbonyl (C=O) groups excluding carboxylic acids is 4. The van der Waals surface area contributed by atoms with Crippen LogP contribution < -0.4 is 21.3 Å². The second kappa shape index (κ2) is 22.6. The predicted octanol–water partition coefficient (Wildman–Crippen LogP) is 4.06. The van der Waals surface area contributed by atoms with Crippen molar-refractivity contribution < 1.29 is 44.1 Å². The molecule has 0 spiro atoms. The Bertz CT molecular complexity index is 1520. The maximum absolute atomic E-state index is 12.0. The summed E-state index contributed by atoms with van der Waals surface area (Å²) in [6.45, 7) is 2.46. The summed E-state index contributed by atoms with van der Waals surface area (Å²) in [5.74, 6) is -2.96. The fraction of sp³-hybridized carbons (Fsp3) is 0.459. The Morgan fingerprint density at radius 3 is 1.98 bits per heavy atom. The molecule has 0 radical (unpaired) electrons. The molecule has 3 aromatic carbocycles. The Hall–Kier alpha value is -5.04. The molecule has 1 saturated carbocycles. The van der Waals surface area contributed by atoms with Crippen molar-refractivity contribution in [3.63, 3.8) is 0 Å². The molecule has 0 aliphatic heterocycles. The van der Waals surface area contributed by atoms with Crippen molar-refractivity contribution in [2.45, 2.75) is 83.2 Å². The van der Waals surface area contributed by atoms with Crippen LogP contribution in [0.5, 0.6) is 0 Å². The van der Waals surface area contributed by atoms with E-state index in [0.29, 0.717) is 25.7 Å². The number of carboxylic acids is 2. The van der Waals surface area contributed by atoms with Crippen LogP contribution in [0.4, 0.5) is 4.79 Å². The first-order valence-corrected chi connectivity index (χ1v) is 16.9. The number of nitrogens with one attached hydrogen (secondary N) is 4. The molecule has 0 aromatic heterocycles. The quantitative estimate of drug-likeness (QED) is 0.0694. The molecule has 50 heavy (non-hydrogen) atoms. The normalized spacial score (nSPS) is 13.7. The van der Waals surface area contributed by atoms with E-state index in [1.165, 1.54) is 27.1 Å². The molecule has 0 heterocycles. The third kappa shape index (κ3) is 14.2. The number of urea groups is 1. The summed E-state index contributed by atoms with van der Waals surface area (Å²) in [5, 5.41) is 39.9. The number of amides is 4. The third-order valence-electron chi connectivity index (χ3n) is 8.43. The molecule has 13 heteroatoms. The van der Waals surface area contributed by atoms with Crippen LogP contribution in [0.15, 0.2) is 54.6 Å². The SMILES string of the molecule is CO.Cc1c2ccccc2cc2ccccc12.O=C[C@H](CCCCNC(=O)CNC(=O)C1CCCCC1)NC(=O)N[C@@H](CCC(=O)O)C(=O)O. The molecule has 1 aliphatic rings. The Morgan fingerprint density at radius 1 is 0.820 bits per heavy atom. The van der Waals surface area contributed by atoms with Gasteiger partial charge >= 0.3 is 18.0 Å². The van der Waals surface area contributed by atoms with Crippen molar-refractivity contribution in [1.82, 2.24) is 21.3 Å². The Morgan fingerprint density at radius 2 is 1.42 bits per heavy atom. The zero-order valence-corrected chi connectivity index (χ0v) is 28.8. The second-order valence-corrected chi connectivity index (χ2v) is 12.0. The summed E-state index contributed by atoms with van der Waals surface area (Å²) in [6.07, 6.45) is 6.05. The Kier molecular flexibility index (Phi) is 18.6. The lowest BCUT2D eigenvalue weighted by Crippen LogP contribution is -2.49. The number of aryl methyl sites for hydroxylation is 1. The van der Waals surface area contributed by atoms with Gasteiger partial charge in [0.1, 0.15) is 12.3 Å². The minimum atomic E-state index is -1.39. The van der Waals surface area contributed by atoms with Crippen LogP contribution in [-0.4, -0.2) is 83.7 Å². The first-order chi connectivity index (χ1) is 24.1. The predicted molar refractivity (Wildman–Crippen MR) is 191 cm³/mol. The molecule has 272 valence electrons. The summed E-state index contributed by atoms with van der Waals surface area (Å²) in [7, 11) is 1.00. The van der Waals surface area contributed by atoms with E-state index in [1.807, 2.05) is 0 Å². The molecule has 0 saturated heterocycles. The number of aliphatic hydroxyl groups is 1. The minimum absolute atomic E-state index is 0.0144. The molecule has 7 N–H and O–H groups in total. The summed E-state index contributed by atoms with van der Waals surface area (Å²) in [4.78, 5) is 68.6. The van der Waals surface area contributed by atoms with Crippen LogP contribution in [0, 0.1) is 12.8 Å². The maximum Gasteiger partial charge on any atom is 0.326 e. The van der Waals surface area contributed by atoms with Gasteiger partial charge in [-0.1, -0.05) is 67.8 Å². The Labute approximate surface area is 292 Å². The number of aldehydes is 1. The maximum atomic E-state index is 12.0. The molecule has 1 aliphatic carbocycles. The summed E-state index contributed by atoms with van der Waals surface area (Å²) in [6, 6.07) is 16.3. The highest BCUT2D eigenvalue weighted by Gasteiger charge is 2.23. The summed E-state index contributed by atoms with van der Waals surface area (Å²) >= 11 is 0. The van der Waals surface area contributed by atoms with E-state index in [-0.39, 0.29) is 37.1 Å². The van der Waals surface area contributed by atoms with E-state index in [9.17, 15) is 28.8 Å². The molecule has 4 rings (SSSR count). The zero-order chi connectivity index (χ0) is 36.9. The number of carboxylic acid groups (broad SMARTS) is 2. The smallest absolute Gasteiger partial charge is 0.326 e. The van der Waals surface area contributed by atoms with E-state index in [0.717, 1.165) is 39.2 Å². The third-order valence-corrected chi connectivity index (χ3v) is 8.43. The number of unbranched alkanes of at least 4 members (excludes halogenated alkanes) is 1. The number of fused-ring (bicyclic) bond motifs is 2. The van der Waals surface area contributed by atoms with Gasteiger partial charge in [0.25, 0.3) is 0 Å². The number of aliphatic carboxylic acids is 2. The van der Waals surface area contributed by atoms with Gasteiger partial charge in [0.2, 0.25) is 11.8 Å². The number of hydrogen-bond acceptors (Lipinski definition) is 7. The summed E-state index contributed by atoms with van der Waals surface area (Å²) in [5.41, 5.74) is 1.38. The standard InChI is InChI=1S/C21H34N4O8.C15H12.CH4O/c26-13-15(24-21(33)25-16(20(31)32)9-10-18(28)29)8-4-5-11-22-17(27)12-23-19(30)14-6-2-1-3-7-14;1-11-14-8-4-2-6-12(14)10-13-7-3-5-9-15(11)13;1-2/h13-16H,1-12H2,(H,22,27)(H,23,30)(H,28,29)(H,31,32)(H2,24,25,33);2-10H,1H3;2H,1H3/t15-,16-;;/m0../s1. The van der Waals surface area contributed by atoms with Crippen molar-refractivity contribution in [3.8, 4) is 0 Å².